The Morgan fingerprint density at radius 1 is 1.45 bits per heavy atom. The lowest BCUT2D eigenvalue weighted by molar-refractivity contribution is -0.0313. The van der Waals surface area contributed by atoms with Gasteiger partial charge in [0.1, 0.15) is 6.23 Å². The van der Waals surface area contributed by atoms with Crippen LogP contribution in [-0.2, 0) is 4.84 Å². The van der Waals surface area contributed by atoms with Crippen molar-refractivity contribution < 1.29 is 4.84 Å². The molecule has 2 fully saturated rings. The van der Waals surface area contributed by atoms with Gasteiger partial charge in [-0.1, -0.05) is 6.42 Å². The molecule has 2 aliphatic rings. The predicted octanol–water partition coefficient (Wildman–Crippen LogP) is 0.802. The number of alkyl halides is 1. The summed E-state index contributed by atoms with van der Waals surface area (Å²) in [5.41, 5.74) is 2.86. The molecule has 1 saturated heterocycles. The van der Waals surface area contributed by atoms with Crippen molar-refractivity contribution >= 4 is 11.6 Å². The highest BCUT2D eigenvalue weighted by Gasteiger charge is 2.33. The number of halogens is 1. The van der Waals surface area contributed by atoms with Crippen LogP contribution < -0.4 is 10.8 Å². The molecule has 11 heavy (non-hydrogen) atoms. The first kappa shape index (κ1) is 7.80. The van der Waals surface area contributed by atoms with Crippen LogP contribution in [0.2, 0.25) is 0 Å². The lowest BCUT2D eigenvalue weighted by Crippen LogP contribution is -2.40. The minimum Gasteiger partial charge on any atom is -0.281 e. The molecule has 0 aromatic heterocycles. The van der Waals surface area contributed by atoms with Gasteiger partial charge in [0.15, 0.2) is 0 Å². The van der Waals surface area contributed by atoms with Crippen molar-refractivity contribution in [2.45, 2.75) is 31.7 Å². The minimum absolute atomic E-state index is 0.141. The molecule has 0 bridgehead atoms. The molecule has 0 aromatic rings. The van der Waals surface area contributed by atoms with Crippen molar-refractivity contribution in [2.24, 2.45) is 5.92 Å². The van der Waals surface area contributed by atoms with E-state index in [-0.39, 0.29) is 12.4 Å². The molecule has 0 amide bonds. The number of hydrogen-bond acceptors (Lipinski definition) is 3. The van der Waals surface area contributed by atoms with E-state index in [1.165, 1.54) is 19.3 Å². The van der Waals surface area contributed by atoms with Crippen LogP contribution in [0.3, 0.4) is 0 Å². The maximum atomic E-state index is 5.63. The Kier molecular flexibility index (Phi) is 2.32. The highest BCUT2D eigenvalue weighted by molar-refractivity contribution is 6.18. The fourth-order valence-electron chi connectivity index (χ4n) is 1.47. The maximum absolute atomic E-state index is 5.63. The topological polar surface area (TPSA) is 33.3 Å². The van der Waals surface area contributed by atoms with Gasteiger partial charge >= 0.3 is 0 Å². The first-order valence-electron chi connectivity index (χ1n) is 4.13. The molecule has 2 atom stereocenters. The van der Waals surface area contributed by atoms with Crippen molar-refractivity contribution in [1.29, 1.82) is 0 Å². The SMILES string of the molecule is ClCC1NOC(C2CCC2)N1. The number of nitrogens with one attached hydrogen (secondary N) is 2. The molecule has 3 nitrogen and oxygen atoms in total. The van der Waals surface area contributed by atoms with E-state index in [1.54, 1.807) is 0 Å². The van der Waals surface area contributed by atoms with Crippen LogP contribution in [0.4, 0.5) is 0 Å². The second-order valence-electron chi connectivity index (χ2n) is 3.22. The van der Waals surface area contributed by atoms with Crippen LogP contribution in [0.25, 0.3) is 0 Å². The summed E-state index contributed by atoms with van der Waals surface area (Å²) < 4.78 is 0. The molecule has 0 radical (unpaired) electrons. The van der Waals surface area contributed by atoms with Crippen molar-refractivity contribution in [3.63, 3.8) is 0 Å². The molecule has 1 heterocycles. The van der Waals surface area contributed by atoms with Crippen LogP contribution in [0.1, 0.15) is 19.3 Å². The van der Waals surface area contributed by atoms with Gasteiger partial charge in [0.05, 0.1) is 12.0 Å². The molecular weight excluding hydrogens is 164 g/mol. The number of hydroxylamine groups is 1. The molecule has 0 spiro atoms. The highest BCUT2D eigenvalue weighted by atomic mass is 35.5. The zero-order chi connectivity index (χ0) is 7.68. The van der Waals surface area contributed by atoms with E-state index in [9.17, 15) is 0 Å². The second kappa shape index (κ2) is 3.27. The van der Waals surface area contributed by atoms with Gasteiger partial charge in [-0.05, 0) is 12.8 Å². The van der Waals surface area contributed by atoms with Crippen molar-refractivity contribution in [2.75, 3.05) is 5.88 Å². The fourth-order valence-corrected chi connectivity index (χ4v) is 1.62. The molecule has 2 N–H and O–H groups in total. The lowest BCUT2D eigenvalue weighted by atomic mass is 9.84. The average Bonchev–Trinajstić information content (AvgIpc) is 2.32. The smallest absolute Gasteiger partial charge is 0.133 e. The summed E-state index contributed by atoms with van der Waals surface area (Å²) in [4.78, 5) is 5.31. The molecule has 1 aliphatic heterocycles. The minimum atomic E-state index is 0.141. The van der Waals surface area contributed by atoms with E-state index in [1.807, 2.05) is 0 Å². The van der Waals surface area contributed by atoms with E-state index >= 15 is 0 Å². The summed E-state index contributed by atoms with van der Waals surface area (Å²) in [5.74, 6) is 1.26. The molecular formula is C7H13ClN2O. The van der Waals surface area contributed by atoms with Crippen LogP contribution >= 0.6 is 11.6 Å². The Morgan fingerprint density at radius 2 is 2.27 bits per heavy atom. The van der Waals surface area contributed by atoms with E-state index in [0.29, 0.717) is 11.8 Å². The Hall–Kier alpha value is 0.170. The summed E-state index contributed by atoms with van der Waals surface area (Å²) in [7, 11) is 0. The van der Waals surface area contributed by atoms with E-state index in [2.05, 4.69) is 10.8 Å². The molecule has 64 valence electrons. The molecule has 2 unspecified atom stereocenters. The largest absolute Gasteiger partial charge is 0.281 e. The summed E-state index contributed by atoms with van der Waals surface area (Å²) in [6.45, 7) is 0. The third-order valence-electron chi connectivity index (χ3n) is 2.44. The van der Waals surface area contributed by atoms with Crippen LogP contribution in [0.15, 0.2) is 0 Å². The highest BCUT2D eigenvalue weighted by Crippen LogP contribution is 2.31. The number of hydrogen-bond donors (Lipinski definition) is 2. The van der Waals surface area contributed by atoms with Gasteiger partial charge in [0, 0.05) is 5.92 Å². The third-order valence-corrected chi connectivity index (χ3v) is 2.74. The normalized spacial score (nSPS) is 39.0. The fraction of sp³-hybridized carbons (Fsp3) is 1.00. The van der Waals surface area contributed by atoms with Crippen molar-refractivity contribution in [3.05, 3.63) is 0 Å². The molecule has 4 heteroatoms. The zero-order valence-electron chi connectivity index (χ0n) is 6.35. The van der Waals surface area contributed by atoms with Gasteiger partial charge in [-0.25, -0.2) is 0 Å². The first-order chi connectivity index (χ1) is 5.40. The van der Waals surface area contributed by atoms with Gasteiger partial charge in [-0.2, -0.15) is 5.48 Å². The third kappa shape index (κ3) is 1.51. The van der Waals surface area contributed by atoms with Gasteiger partial charge in [-0.3, -0.25) is 10.2 Å². The van der Waals surface area contributed by atoms with Crippen molar-refractivity contribution in [1.82, 2.24) is 10.8 Å². The van der Waals surface area contributed by atoms with Gasteiger partial charge in [0.25, 0.3) is 0 Å². The summed E-state index contributed by atoms with van der Waals surface area (Å²) in [6.07, 6.45) is 4.26. The predicted molar refractivity (Wildman–Crippen MR) is 43.0 cm³/mol. The zero-order valence-corrected chi connectivity index (χ0v) is 7.10. The maximum Gasteiger partial charge on any atom is 0.133 e. The van der Waals surface area contributed by atoms with Crippen LogP contribution in [-0.4, -0.2) is 18.3 Å². The lowest BCUT2D eigenvalue weighted by Gasteiger charge is -2.29. The second-order valence-corrected chi connectivity index (χ2v) is 3.53. The molecule has 1 saturated carbocycles. The molecule has 0 aromatic carbocycles. The average molecular weight is 177 g/mol. The standard InChI is InChI=1S/C7H13ClN2O/c8-4-6-9-7(11-10-6)5-2-1-3-5/h5-7,9-10H,1-4H2. The van der Waals surface area contributed by atoms with Crippen molar-refractivity contribution in [3.8, 4) is 0 Å². The Morgan fingerprint density at radius 3 is 2.73 bits per heavy atom. The summed E-state index contributed by atoms with van der Waals surface area (Å²) >= 11 is 5.63. The first-order valence-corrected chi connectivity index (χ1v) is 4.67. The molecule has 1 aliphatic carbocycles. The monoisotopic (exact) mass is 176 g/mol. The van der Waals surface area contributed by atoms with Crippen LogP contribution in [0.5, 0.6) is 0 Å². The van der Waals surface area contributed by atoms with E-state index < -0.39 is 0 Å². The van der Waals surface area contributed by atoms with E-state index in [0.717, 1.165) is 0 Å². The summed E-state index contributed by atoms with van der Waals surface area (Å²) in [5, 5.41) is 3.28. The van der Waals surface area contributed by atoms with Gasteiger partial charge in [-0.15, -0.1) is 11.6 Å². The van der Waals surface area contributed by atoms with Gasteiger partial charge < -0.3 is 0 Å². The Balaban J connectivity index is 1.79. The number of rotatable bonds is 2. The summed E-state index contributed by atoms with van der Waals surface area (Å²) in [6, 6.07) is 0. The van der Waals surface area contributed by atoms with Crippen LogP contribution in [0, 0.1) is 5.92 Å². The Bertz CT molecular complexity index is 140. The van der Waals surface area contributed by atoms with E-state index in [4.69, 9.17) is 16.4 Å². The van der Waals surface area contributed by atoms with Gasteiger partial charge in [0.2, 0.25) is 0 Å². The molecule has 2 rings (SSSR count). The Labute approximate surface area is 71.4 Å². The quantitative estimate of drug-likeness (QED) is 0.611.